The molecule has 2 atom stereocenters. The lowest BCUT2D eigenvalue weighted by Crippen LogP contribution is -2.33. The fourth-order valence-corrected chi connectivity index (χ4v) is 2.79. The first-order valence-electron chi connectivity index (χ1n) is 6.51. The smallest absolute Gasteiger partial charge is 0.220 e. The van der Waals surface area contributed by atoms with E-state index in [-0.39, 0.29) is 17.3 Å². The molecule has 0 aromatic rings. The van der Waals surface area contributed by atoms with Crippen molar-refractivity contribution in [3.05, 3.63) is 0 Å². The van der Waals surface area contributed by atoms with Crippen molar-refractivity contribution in [3.63, 3.8) is 0 Å². The summed E-state index contributed by atoms with van der Waals surface area (Å²) in [4.78, 5) is 11.6. The van der Waals surface area contributed by atoms with Gasteiger partial charge in [0.2, 0.25) is 5.91 Å². The normalized spacial score (nSPS) is 20.7. The predicted octanol–water partition coefficient (Wildman–Crippen LogP) is 3.48. The first-order valence-corrected chi connectivity index (χ1v) is 6.95. The van der Waals surface area contributed by atoms with Crippen LogP contribution in [0.2, 0.25) is 0 Å². The molecule has 0 aromatic heterocycles. The third-order valence-electron chi connectivity index (χ3n) is 3.34. The van der Waals surface area contributed by atoms with Crippen molar-refractivity contribution in [1.29, 1.82) is 0 Å². The molecule has 1 saturated carbocycles. The lowest BCUT2D eigenvalue weighted by Gasteiger charge is -2.15. The molecule has 16 heavy (non-hydrogen) atoms. The minimum absolute atomic E-state index is 0.130. The molecule has 1 N–H and O–H groups in total. The Kier molecular flexibility index (Phi) is 6.18. The third-order valence-corrected chi connectivity index (χ3v) is 3.52. The molecule has 1 rings (SSSR count). The minimum Gasteiger partial charge on any atom is -0.354 e. The molecule has 2 unspecified atom stereocenters. The first kappa shape index (κ1) is 13.8. The number of alkyl halides is 1. The average molecular weight is 246 g/mol. The average Bonchev–Trinajstić information content (AvgIpc) is 2.65. The summed E-state index contributed by atoms with van der Waals surface area (Å²) < 4.78 is 0. The molecular weight excluding hydrogens is 222 g/mol. The highest BCUT2D eigenvalue weighted by atomic mass is 35.5. The van der Waals surface area contributed by atoms with E-state index in [9.17, 15) is 4.79 Å². The maximum Gasteiger partial charge on any atom is 0.220 e. The molecule has 1 amide bonds. The minimum atomic E-state index is 0.130. The number of hydrogen-bond acceptors (Lipinski definition) is 1. The Morgan fingerprint density at radius 2 is 2.00 bits per heavy atom. The van der Waals surface area contributed by atoms with Crippen LogP contribution in [0.3, 0.4) is 0 Å². The van der Waals surface area contributed by atoms with Crippen molar-refractivity contribution >= 4 is 17.5 Å². The predicted molar refractivity (Wildman–Crippen MR) is 68.7 cm³/mol. The van der Waals surface area contributed by atoms with Gasteiger partial charge in [-0.3, -0.25) is 4.79 Å². The summed E-state index contributed by atoms with van der Waals surface area (Å²) in [6.07, 6.45) is 7.94. The van der Waals surface area contributed by atoms with Gasteiger partial charge in [0.25, 0.3) is 0 Å². The van der Waals surface area contributed by atoms with Crippen LogP contribution in [0, 0.1) is 5.92 Å². The van der Waals surface area contributed by atoms with Crippen LogP contribution in [-0.2, 0) is 4.79 Å². The van der Waals surface area contributed by atoms with Gasteiger partial charge >= 0.3 is 0 Å². The van der Waals surface area contributed by atoms with Gasteiger partial charge in [0, 0.05) is 17.8 Å². The molecule has 0 bridgehead atoms. The molecule has 3 heteroatoms. The summed E-state index contributed by atoms with van der Waals surface area (Å²) in [7, 11) is 0. The Balaban J connectivity index is 2.09. The molecule has 1 fully saturated rings. The molecule has 0 aromatic carbocycles. The zero-order chi connectivity index (χ0) is 12.0. The standard InChI is InChI=1S/C13H24ClNO/c1-10(14)9-11(2)15-13(16)8-7-12-5-3-4-6-12/h10-12H,3-9H2,1-2H3,(H,15,16). The van der Waals surface area contributed by atoms with Gasteiger partial charge in [-0.25, -0.2) is 0 Å². The van der Waals surface area contributed by atoms with Gasteiger partial charge in [0.1, 0.15) is 0 Å². The van der Waals surface area contributed by atoms with Crippen LogP contribution < -0.4 is 5.32 Å². The Labute approximate surface area is 104 Å². The largest absolute Gasteiger partial charge is 0.354 e. The van der Waals surface area contributed by atoms with Gasteiger partial charge in [-0.05, 0) is 32.6 Å². The number of rotatable bonds is 6. The summed E-state index contributed by atoms with van der Waals surface area (Å²) in [6, 6.07) is 0.198. The van der Waals surface area contributed by atoms with Crippen LogP contribution in [0.15, 0.2) is 0 Å². The van der Waals surface area contributed by atoms with Crippen molar-refractivity contribution in [2.24, 2.45) is 5.92 Å². The Morgan fingerprint density at radius 3 is 2.56 bits per heavy atom. The zero-order valence-corrected chi connectivity index (χ0v) is 11.2. The van der Waals surface area contributed by atoms with E-state index in [0.29, 0.717) is 6.42 Å². The first-order chi connectivity index (χ1) is 7.58. The SMILES string of the molecule is CC(Cl)CC(C)NC(=O)CCC1CCCC1. The number of amides is 1. The molecule has 1 aliphatic rings. The van der Waals surface area contributed by atoms with Crippen LogP contribution in [0.4, 0.5) is 0 Å². The van der Waals surface area contributed by atoms with Gasteiger partial charge < -0.3 is 5.32 Å². The fraction of sp³-hybridized carbons (Fsp3) is 0.923. The summed E-state index contributed by atoms with van der Waals surface area (Å²) in [5.41, 5.74) is 0. The Hall–Kier alpha value is -0.240. The molecule has 1 aliphatic carbocycles. The van der Waals surface area contributed by atoms with Crippen molar-refractivity contribution in [2.45, 2.75) is 70.2 Å². The maximum absolute atomic E-state index is 11.6. The van der Waals surface area contributed by atoms with Crippen molar-refractivity contribution in [1.82, 2.24) is 5.32 Å². The molecule has 0 heterocycles. The topological polar surface area (TPSA) is 29.1 Å². The van der Waals surface area contributed by atoms with Crippen LogP contribution in [0.1, 0.15) is 58.8 Å². The van der Waals surface area contributed by atoms with E-state index >= 15 is 0 Å². The van der Waals surface area contributed by atoms with E-state index in [2.05, 4.69) is 5.32 Å². The summed E-state index contributed by atoms with van der Waals surface area (Å²) in [6.45, 7) is 3.98. The summed E-state index contributed by atoms with van der Waals surface area (Å²) >= 11 is 5.89. The molecule has 0 saturated heterocycles. The number of hydrogen-bond donors (Lipinski definition) is 1. The van der Waals surface area contributed by atoms with Gasteiger partial charge in [-0.15, -0.1) is 11.6 Å². The molecule has 0 aliphatic heterocycles. The lowest BCUT2D eigenvalue weighted by atomic mass is 10.0. The number of carbonyl (C=O) groups excluding carboxylic acids is 1. The maximum atomic E-state index is 11.6. The Morgan fingerprint density at radius 1 is 1.38 bits per heavy atom. The number of nitrogens with one attached hydrogen (secondary N) is 1. The van der Waals surface area contributed by atoms with Gasteiger partial charge in [-0.1, -0.05) is 25.7 Å². The third kappa shape index (κ3) is 5.74. The number of halogens is 1. The molecule has 2 nitrogen and oxygen atoms in total. The molecule has 0 spiro atoms. The van der Waals surface area contributed by atoms with Gasteiger partial charge in [0.15, 0.2) is 0 Å². The molecule has 94 valence electrons. The quantitative estimate of drug-likeness (QED) is 0.714. The van der Waals surface area contributed by atoms with Gasteiger partial charge in [0.05, 0.1) is 0 Å². The van der Waals surface area contributed by atoms with E-state index in [0.717, 1.165) is 18.8 Å². The highest BCUT2D eigenvalue weighted by Gasteiger charge is 2.17. The van der Waals surface area contributed by atoms with E-state index in [1.807, 2.05) is 13.8 Å². The van der Waals surface area contributed by atoms with Crippen LogP contribution in [-0.4, -0.2) is 17.3 Å². The second-order valence-electron chi connectivity index (χ2n) is 5.17. The monoisotopic (exact) mass is 245 g/mol. The lowest BCUT2D eigenvalue weighted by molar-refractivity contribution is -0.122. The van der Waals surface area contributed by atoms with E-state index < -0.39 is 0 Å². The fourth-order valence-electron chi connectivity index (χ4n) is 2.53. The van der Waals surface area contributed by atoms with Gasteiger partial charge in [-0.2, -0.15) is 0 Å². The second-order valence-corrected chi connectivity index (χ2v) is 5.92. The summed E-state index contributed by atoms with van der Waals surface area (Å²) in [5.74, 6) is 0.990. The highest BCUT2D eigenvalue weighted by molar-refractivity contribution is 6.20. The van der Waals surface area contributed by atoms with Crippen molar-refractivity contribution in [3.8, 4) is 0 Å². The molecule has 0 radical (unpaired) electrons. The van der Waals surface area contributed by atoms with Crippen LogP contribution in [0.5, 0.6) is 0 Å². The number of carbonyl (C=O) groups is 1. The van der Waals surface area contributed by atoms with Crippen molar-refractivity contribution < 1.29 is 4.79 Å². The van der Waals surface area contributed by atoms with E-state index in [1.165, 1.54) is 25.7 Å². The van der Waals surface area contributed by atoms with E-state index in [1.54, 1.807) is 0 Å². The van der Waals surface area contributed by atoms with Crippen LogP contribution >= 0.6 is 11.6 Å². The molecular formula is C13H24ClNO. The zero-order valence-electron chi connectivity index (χ0n) is 10.5. The van der Waals surface area contributed by atoms with Crippen LogP contribution in [0.25, 0.3) is 0 Å². The highest BCUT2D eigenvalue weighted by Crippen LogP contribution is 2.28. The van der Waals surface area contributed by atoms with Crippen molar-refractivity contribution in [2.75, 3.05) is 0 Å². The second kappa shape index (κ2) is 7.16. The summed E-state index contributed by atoms with van der Waals surface area (Å²) in [5, 5.41) is 3.14. The Bertz CT molecular complexity index is 212. The van der Waals surface area contributed by atoms with E-state index in [4.69, 9.17) is 11.6 Å².